The van der Waals surface area contributed by atoms with Gasteiger partial charge < -0.3 is 15.8 Å². The van der Waals surface area contributed by atoms with Crippen LogP contribution in [0.15, 0.2) is 0 Å². The number of aryl methyl sites for hydroxylation is 1. The molecule has 5 nitrogen and oxygen atoms in total. The molecule has 0 spiro atoms. The summed E-state index contributed by atoms with van der Waals surface area (Å²) < 4.78 is 5.67. The highest BCUT2D eigenvalue weighted by Crippen LogP contribution is 2.27. The molecule has 0 aliphatic rings. The summed E-state index contributed by atoms with van der Waals surface area (Å²) in [7, 11) is 0. The van der Waals surface area contributed by atoms with Crippen molar-refractivity contribution in [2.24, 2.45) is 0 Å². The first-order valence-corrected chi connectivity index (χ1v) is 7.14. The Bertz CT molecular complexity index is 393. The van der Waals surface area contributed by atoms with Crippen molar-refractivity contribution < 1.29 is 4.74 Å². The maximum atomic E-state index is 6.07. The fourth-order valence-electron chi connectivity index (χ4n) is 1.64. The van der Waals surface area contributed by atoms with Crippen LogP contribution in [0, 0.1) is 0 Å². The van der Waals surface area contributed by atoms with Crippen LogP contribution in [-0.2, 0) is 6.42 Å². The molecule has 0 radical (unpaired) electrons. The van der Waals surface area contributed by atoms with Gasteiger partial charge in [0.1, 0.15) is 11.5 Å². The Labute approximate surface area is 116 Å². The number of anilines is 2. The van der Waals surface area contributed by atoms with Crippen molar-refractivity contribution in [3.63, 3.8) is 0 Å². The minimum Gasteiger partial charge on any atom is -0.476 e. The number of nitrogens with zero attached hydrogens (tertiary/aromatic N) is 2. The van der Waals surface area contributed by atoms with Gasteiger partial charge in [0, 0.05) is 12.5 Å². The zero-order valence-corrected chi connectivity index (χ0v) is 12.5. The van der Waals surface area contributed by atoms with Crippen LogP contribution < -0.4 is 15.8 Å². The molecule has 0 unspecified atom stereocenters. The highest BCUT2D eigenvalue weighted by molar-refractivity contribution is 5.67. The summed E-state index contributed by atoms with van der Waals surface area (Å²) in [6.07, 6.45) is 3.92. The lowest BCUT2D eigenvalue weighted by Gasteiger charge is -2.15. The molecule has 0 saturated carbocycles. The van der Waals surface area contributed by atoms with E-state index in [0.717, 1.165) is 31.5 Å². The Morgan fingerprint density at radius 1 is 1.21 bits per heavy atom. The third-order valence-electron chi connectivity index (χ3n) is 2.59. The number of aromatic nitrogens is 2. The number of hydrogen-bond donors (Lipinski definition) is 2. The van der Waals surface area contributed by atoms with Crippen LogP contribution >= 0.6 is 0 Å². The van der Waals surface area contributed by atoms with Crippen LogP contribution in [0.5, 0.6) is 5.88 Å². The van der Waals surface area contributed by atoms with Gasteiger partial charge in [0.2, 0.25) is 5.88 Å². The smallest absolute Gasteiger partial charge is 0.242 e. The molecule has 19 heavy (non-hydrogen) atoms. The van der Waals surface area contributed by atoms with Crippen LogP contribution in [0.4, 0.5) is 11.5 Å². The van der Waals surface area contributed by atoms with E-state index in [-0.39, 0.29) is 6.04 Å². The van der Waals surface area contributed by atoms with Crippen molar-refractivity contribution in [3.8, 4) is 5.88 Å². The van der Waals surface area contributed by atoms with Gasteiger partial charge in [-0.1, -0.05) is 20.3 Å². The van der Waals surface area contributed by atoms with E-state index in [1.807, 2.05) is 0 Å². The SMILES string of the molecule is CCCCOc1nc(CCC)nc(NC(C)C)c1N. The van der Waals surface area contributed by atoms with E-state index in [0.29, 0.717) is 24.0 Å². The predicted molar refractivity (Wildman–Crippen MR) is 79.6 cm³/mol. The van der Waals surface area contributed by atoms with Gasteiger partial charge in [0.15, 0.2) is 5.82 Å². The van der Waals surface area contributed by atoms with Crippen molar-refractivity contribution in [2.45, 2.75) is 59.4 Å². The Hall–Kier alpha value is -1.52. The van der Waals surface area contributed by atoms with Crippen LogP contribution in [-0.4, -0.2) is 22.6 Å². The maximum Gasteiger partial charge on any atom is 0.242 e. The van der Waals surface area contributed by atoms with E-state index < -0.39 is 0 Å². The van der Waals surface area contributed by atoms with E-state index in [9.17, 15) is 0 Å². The summed E-state index contributed by atoms with van der Waals surface area (Å²) >= 11 is 0. The maximum absolute atomic E-state index is 6.07. The van der Waals surface area contributed by atoms with Crippen molar-refractivity contribution >= 4 is 11.5 Å². The summed E-state index contributed by atoms with van der Waals surface area (Å²) in [5.74, 6) is 1.97. The second kappa shape index (κ2) is 7.81. The molecule has 5 heteroatoms. The molecule has 0 aromatic carbocycles. The third-order valence-corrected chi connectivity index (χ3v) is 2.59. The summed E-state index contributed by atoms with van der Waals surface area (Å²) in [5, 5.41) is 3.25. The van der Waals surface area contributed by atoms with E-state index in [1.165, 1.54) is 0 Å². The second-order valence-electron chi connectivity index (χ2n) is 4.96. The van der Waals surface area contributed by atoms with E-state index in [4.69, 9.17) is 10.5 Å². The molecule has 0 saturated heterocycles. The van der Waals surface area contributed by atoms with Gasteiger partial charge in [-0.25, -0.2) is 4.98 Å². The molecule has 1 aromatic rings. The number of nitrogens with two attached hydrogens (primary N) is 1. The Morgan fingerprint density at radius 3 is 2.53 bits per heavy atom. The number of rotatable bonds is 8. The molecule has 0 aliphatic carbocycles. The Balaban J connectivity index is 2.95. The molecular weight excluding hydrogens is 240 g/mol. The first-order valence-electron chi connectivity index (χ1n) is 7.14. The molecule has 1 aromatic heterocycles. The molecule has 1 rings (SSSR count). The largest absolute Gasteiger partial charge is 0.476 e. The number of hydrogen-bond acceptors (Lipinski definition) is 5. The molecule has 0 fully saturated rings. The van der Waals surface area contributed by atoms with Gasteiger partial charge in [-0.3, -0.25) is 0 Å². The lowest BCUT2D eigenvalue weighted by atomic mass is 10.3. The summed E-state index contributed by atoms with van der Waals surface area (Å²) in [6.45, 7) is 8.98. The fourth-order valence-corrected chi connectivity index (χ4v) is 1.64. The minimum atomic E-state index is 0.273. The van der Waals surface area contributed by atoms with Crippen LogP contribution in [0.1, 0.15) is 52.8 Å². The second-order valence-corrected chi connectivity index (χ2v) is 4.96. The van der Waals surface area contributed by atoms with Crippen molar-refractivity contribution in [1.82, 2.24) is 9.97 Å². The van der Waals surface area contributed by atoms with Crippen LogP contribution in [0.25, 0.3) is 0 Å². The lowest BCUT2D eigenvalue weighted by Crippen LogP contribution is -2.16. The van der Waals surface area contributed by atoms with Crippen molar-refractivity contribution in [1.29, 1.82) is 0 Å². The average Bonchev–Trinajstić information content (AvgIpc) is 2.34. The predicted octanol–water partition coefficient (Wildman–Crippen LogP) is 3.01. The molecule has 0 aliphatic heterocycles. The number of nitrogens with one attached hydrogen (secondary N) is 1. The molecule has 0 amide bonds. The molecular formula is C14H26N4O. The third kappa shape index (κ3) is 4.93. The summed E-state index contributed by atoms with van der Waals surface area (Å²) in [5.41, 5.74) is 6.57. The van der Waals surface area contributed by atoms with Gasteiger partial charge in [-0.15, -0.1) is 0 Å². The fraction of sp³-hybridized carbons (Fsp3) is 0.714. The number of ether oxygens (including phenoxy) is 1. The van der Waals surface area contributed by atoms with E-state index >= 15 is 0 Å². The number of unbranched alkanes of at least 4 members (excludes halogenated alkanes) is 1. The quantitative estimate of drug-likeness (QED) is 0.708. The van der Waals surface area contributed by atoms with Gasteiger partial charge >= 0.3 is 0 Å². The molecule has 108 valence electrons. The minimum absolute atomic E-state index is 0.273. The van der Waals surface area contributed by atoms with Crippen molar-refractivity contribution in [3.05, 3.63) is 5.82 Å². The van der Waals surface area contributed by atoms with Gasteiger partial charge in [-0.05, 0) is 26.7 Å². The van der Waals surface area contributed by atoms with Crippen molar-refractivity contribution in [2.75, 3.05) is 17.7 Å². The van der Waals surface area contributed by atoms with E-state index in [2.05, 4.69) is 43.0 Å². The monoisotopic (exact) mass is 266 g/mol. The highest BCUT2D eigenvalue weighted by atomic mass is 16.5. The van der Waals surface area contributed by atoms with E-state index in [1.54, 1.807) is 0 Å². The van der Waals surface area contributed by atoms with Gasteiger partial charge in [0.05, 0.1) is 6.61 Å². The summed E-state index contributed by atoms with van der Waals surface area (Å²) in [4.78, 5) is 8.87. The van der Waals surface area contributed by atoms with Crippen LogP contribution in [0.2, 0.25) is 0 Å². The molecule has 0 atom stereocenters. The van der Waals surface area contributed by atoms with Gasteiger partial charge in [-0.2, -0.15) is 4.98 Å². The molecule has 0 bridgehead atoms. The average molecular weight is 266 g/mol. The van der Waals surface area contributed by atoms with Crippen LogP contribution in [0.3, 0.4) is 0 Å². The van der Waals surface area contributed by atoms with Gasteiger partial charge in [0.25, 0.3) is 0 Å². The summed E-state index contributed by atoms with van der Waals surface area (Å²) in [6, 6.07) is 0.273. The Morgan fingerprint density at radius 2 is 1.95 bits per heavy atom. The Kier molecular flexibility index (Phi) is 6.39. The molecule has 3 N–H and O–H groups in total. The zero-order chi connectivity index (χ0) is 14.3. The normalized spacial score (nSPS) is 10.8. The lowest BCUT2D eigenvalue weighted by molar-refractivity contribution is 0.298. The number of nitrogen functional groups attached to an aromatic ring is 1. The molecule has 1 heterocycles. The first-order chi connectivity index (χ1) is 9.08. The zero-order valence-electron chi connectivity index (χ0n) is 12.5. The topological polar surface area (TPSA) is 73.1 Å². The highest BCUT2D eigenvalue weighted by Gasteiger charge is 2.13. The first kappa shape index (κ1) is 15.5. The standard InChI is InChI=1S/C14H26N4O/c1-5-7-9-19-14-12(15)13(16-10(3)4)17-11(18-14)8-6-2/h10H,5-9,15H2,1-4H3,(H,16,17,18).